The van der Waals surface area contributed by atoms with E-state index in [1.165, 1.54) is 0 Å². The van der Waals surface area contributed by atoms with E-state index in [0.29, 0.717) is 36.6 Å². The van der Waals surface area contributed by atoms with Crippen LogP contribution in [0.1, 0.15) is 12.8 Å². The highest BCUT2D eigenvalue weighted by atomic mass is 16.5. The molecule has 0 saturated carbocycles. The maximum Gasteiger partial charge on any atom is 0.224 e. The summed E-state index contributed by atoms with van der Waals surface area (Å²) in [6, 6.07) is 5.12. The molecule has 0 aliphatic rings. The summed E-state index contributed by atoms with van der Waals surface area (Å²) in [5, 5.41) is 2.76. The monoisotopic (exact) mass is 238 g/mol. The Morgan fingerprint density at radius 3 is 2.82 bits per heavy atom. The molecule has 17 heavy (non-hydrogen) atoms. The number of nitrogens with one attached hydrogen (secondary N) is 1. The number of carbonyl (C=O) groups is 1. The van der Waals surface area contributed by atoms with Crippen molar-refractivity contribution >= 4 is 17.3 Å². The number of carbonyl (C=O) groups excluding carboxylic acids is 1. The summed E-state index contributed by atoms with van der Waals surface area (Å²) >= 11 is 0. The normalized spacial score (nSPS) is 10.0. The van der Waals surface area contributed by atoms with Crippen molar-refractivity contribution in [3.05, 3.63) is 18.2 Å². The van der Waals surface area contributed by atoms with Crippen LogP contribution in [0.4, 0.5) is 11.4 Å². The topological polar surface area (TPSA) is 73.6 Å². The lowest BCUT2D eigenvalue weighted by Gasteiger charge is -2.10. The maximum absolute atomic E-state index is 11.6. The van der Waals surface area contributed by atoms with Gasteiger partial charge in [0.1, 0.15) is 5.75 Å². The van der Waals surface area contributed by atoms with E-state index >= 15 is 0 Å². The minimum Gasteiger partial charge on any atom is -0.495 e. The number of benzene rings is 1. The summed E-state index contributed by atoms with van der Waals surface area (Å²) in [4.78, 5) is 11.6. The van der Waals surface area contributed by atoms with Crippen LogP contribution in [0.3, 0.4) is 0 Å². The zero-order chi connectivity index (χ0) is 12.7. The van der Waals surface area contributed by atoms with Crippen molar-refractivity contribution in [2.45, 2.75) is 12.8 Å². The summed E-state index contributed by atoms with van der Waals surface area (Å²) in [5.74, 6) is 0.519. The van der Waals surface area contributed by atoms with Crippen LogP contribution in [0.2, 0.25) is 0 Å². The number of anilines is 2. The molecular formula is C12H18N2O3. The third-order valence-corrected chi connectivity index (χ3v) is 2.25. The minimum atomic E-state index is -0.0778. The first-order chi connectivity index (χ1) is 8.17. The highest BCUT2D eigenvalue weighted by Gasteiger charge is 2.07. The molecule has 0 fully saturated rings. The molecule has 0 radical (unpaired) electrons. The van der Waals surface area contributed by atoms with Crippen molar-refractivity contribution in [1.82, 2.24) is 0 Å². The van der Waals surface area contributed by atoms with E-state index in [-0.39, 0.29) is 5.91 Å². The van der Waals surface area contributed by atoms with Gasteiger partial charge in [0.15, 0.2) is 0 Å². The molecule has 0 aliphatic heterocycles. The lowest BCUT2D eigenvalue weighted by molar-refractivity contribution is -0.116. The van der Waals surface area contributed by atoms with E-state index in [0.717, 1.165) is 0 Å². The Labute approximate surface area is 101 Å². The Hall–Kier alpha value is -1.75. The van der Waals surface area contributed by atoms with E-state index in [2.05, 4.69) is 5.32 Å². The largest absolute Gasteiger partial charge is 0.495 e. The second kappa shape index (κ2) is 6.75. The zero-order valence-electron chi connectivity index (χ0n) is 10.2. The molecule has 1 aromatic rings. The fourth-order valence-electron chi connectivity index (χ4n) is 1.41. The molecule has 0 bridgehead atoms. The lowest BCUT2D eigenvalue weighted by atomic mass is 10.2. The SMILES string of the molecule is COCCCC(=O)Nc1cc(N)ccc1OC. The van der Waals surface area contributed by atoms with Gasteiger partial charge in [0.05, 0.1) is 12.8 Å². The summed E-state index contributed by atoms with van der Waals surface area (Å²) in [6.45, 7) is 0.571. The van der Waals surface area contributed by atoms with Crippen molar-refractivity contribution in [2.24, 2.45) is 0 Å². The molecule has 1 rings (SSSR count). The number of methoxy groups -OCH3 is 2. The highest BCUT2D eigenvalue weighted by Crippen LogP contribution is 2.26. The number of amides is 1. The Balaban J connectivity index is 2.60. The van der Waals surface area contributed by atoms with Crippen molar-refractivity contribution in [1.29, 1.82) is 0 Å². The fourth-order valence-corrected chi connectivity index (χ4v) is 1.41. The van der Waals surface area contributed by atoms with Crippen molar-refractivity contribution in [3.8, 4) is 5.75 Å². The van der Waals surface area contributed by atoms with Crippen molar-refractivity contribution < 1.29 is 14.3 Å². The van der Waals surface area contributed by atoms with Gasteiger partial charge in [-0.05, 0) is 24.6 Å². The number of hydrogen-bond donors (Lipinski definition) is 2. The molecule has 0 aromatic heterocycles. The molecule has 1 amide bonds. The third-order valence-electron chi connectivity index (χ3n) is 2.25. The van der Waals surface area contributed by atoms with Gasteiger partial charge in [-0.1, -0.05) is 0 Å². The van der Waals surface area contributed by atoms with Crippen molar-refractivity contribution in [3.63, 3.8) is 0 Å². The first kappa shape index (κ1) is 13.3. The molecule has 1 aromatic carbocycles. The van der Waals surface area contributed by atoms with Gasteiger partial charge in [-0.15, -0.1) is 0 Å². The highest BCUT2D eigenvalue weighted by molar-refractivity contribution is 5.92. The summed E-state index contributed by atoms with van der Waals surface area (Å²) in [7, 11) is 3.16. The van der Waals surface area contributed by atoms with E-state index in [1.54, 1.807) is 32.4 Å². The Kier molecular flexibility index (Phi) is 5.29. The standard InChI is InChI=1S/C12H18N2O3/c1-16-7-3-4-12(15)14-10-8-9(13)5-6-11(10)17-2/h5-6,8H,3-4,7,13H2,1-2H3,(H,14,15). The number of rotatable bonds is 6. The van der Waals surface area contributed by atoms with Gasteiger partial charge in [-0.3, -0.25) is 4.79 Å². The Morgan fingerprint density at radius 2 is 2.18 bits per heavy atom. The molecule has 5 nitrogen and oxygen atoms in total. The Bertz CT molecular complexity index is 380. The summed E-state index contributed by atoms with van der Waals surface area (Å²) in [6.07, 6.45) is 1.10. The van der Waals surface area contributed by atoms with Crippen LogP contribution in [0.15, 0.2) is 18.2 Å². The van der Waals surface area contributed by atoms with Gasteiger partial charge in [0.25, 0.3) is 0 Å². The second-order valence-electron chi connectivity index (χ2n) is 3.60. The van der Waals surface area contributed by atoms with Gasteiger partial charge in [-0.25, -0.2) is 0 Å². The minimum absolute atomic E-state index is 0.0778. The number of nitrogen functional groups attached to an aromatic ring is 1. The van der Waals surface area contributed by atoms with Gasteiger partial charge < -0.3 is 20.5 Å². The first-order valence-corrected chi connectivity index (χ1v) is 5.39. The molecular weight excluding hydrogens is 220 g/mol. The predicted molar refractivity (Wildman–Crippen MR) is 67.1 cm³/mol. The smallest absolute Gasteiger partial charge is 0.224 e. The van der Waals surface area contributed by atoms with Gasteiger partial charge >= 0.3 is 0 Å². The van der Waals surface area contributed by atoms with Gasteiger partial charge in [0.2, 0.25) is 5.91 Å². The van der Waals surface area contributed by atoms with Crippen LogP contribution in [-0.4, -0.2) is 26.7 Å². The predicted octanol–water partition coefficient (Wildman–Crippen LogP) is 1.64. The van der Waals surface area contributed by atoms with Crippen LogP contribution in [-0.2, 0) is 9.53 Å². The van der Waals surface area contributed by atoms with Gasteiger partial charge in [0, 0.05) is 25.8 Å². The Morgan fingerprint density at radius 1 is 1.41 bits per heavy atom. The summed E-state index contributed by atoms with van der Waals surface area (Å²) in [5.41, 5.74) is 6.83. The number of hydrogen-bond acceptors (Lipinski definition) is 4. The molecule has 0 unspecified atom stereocenters. The van der Waals surface area contributed by atoms with Crippen molar-refractivity contribution in [2.75, 3.05) is 31.9 Å². The number of ether oxygens (including phenoxy) is 2. The van der Waals surface area contributed by atoms with Crippen LogP contribution < -0.4 is 15.8 Å². The molecule has 0 saturated heterocycles. The molecule has 0 atom stereocenters. The van der Waals surface area contributed by atoms with Crippen LogP contribution in [0.25, 0.3) is 0 Å². The summed E-state index contributed by atoms with van der Waals surface area (Å²) < 4.78 is 10.0. The van der Waals surface area contributed by atoms with E-state index in [9.17, 15) is 4.79 Å². The molecule has 3 N–H and O–H groups in total. The van der Waals surface area contributed by atoms with Crippen LogP contribution >= 0.6 is 0 Å². The zero-order valence-corrected chi connectivity index (χ0v) is 10.2. The average molecular weight is 238 g/mol. The molecule has 0 spiro atoms. The maximum atomic E-state index is 11.6. The molecule has 0 heterocycles. The molecule has 5 heteroatoms. The van der Waals surface area contributed by atoms with Crippen LogP contribution in [0.5, 0.6) is 5.75 Å². The van der Waals surface area contributed by atoms with E-state index in [1.807, 2.05) is 0 Å². The third kappa shape index (κ3) is 4.32. The van der Waals surface area contributed by atoms with E-state index in [4.69, 9.17) is 15.2 Å². The van der Waals surface area contributed by atoms with Gasteiger partial charge in [-0.2, -0.15) is 0 Å². The number of nitrogens with two attached hydrogens (primary N) is 1. The molecule has 0 aliphatic carbocycles. The second-order valence-corrected chi connectivity index (χ2v) is 3.60. The van der Waals surface area contributed by atoms with Crippen LogP contribution in [0, 0.1) is 0 Å². The first-order valence-electron chi connectivity index (χ1n) is 5.39. The fraction of sp³-hybridized carbons (Fsp3) is 0.417. The quantitative estimate of drug-likeness (QED) is 0.583. The molecule has 94 valence electrons. The van der Waals surface area contributed by atoms with E-state index < -0.39 is 0 Å². The lowest BCUT2D eigenvalue weighted by Crippen LogP contribution is -2.13. The average Bonchev–Trinajstić information content (AvgIpc) is 2.29.